The van der Waals surface area contributed by atoms with E-state index in [0.717, 1.165) is 24.3 Å². The molecular weight excluding hydrogens is 288 g/mol. The average molecular weight is 306 g/mol. The number of hydrogen-bond acceptors (Lipinski definition) is 5. The van der Waals surface area contributed by atoms with Crippen LogP contribution in [-0.2, 0) is 4.74 Å². The first-order valence-corrected chi connectivity index (χ1v) is 7.97. The third kappa shape index (κ3) is 3.01. The van der Waals surface area contributed by atoms with E-state index in [4.69, 9.17) is 9.15 Å². The lowest BCUT2D eigenvalue weighted by Gasteiger charge is -2.19. The molecule has 1 N–H and O–H groups in total. The number of thiophene rings is 1. The molecule has 0 unspecified atom stereocenters. The van der Waals surface area contributed by atoms with Crippen LogP contribution in [0.5, 0.6) is 0 Å². The van der Waals surface area contributed by atoms with Crippen LogP contribution < -0.4 is 5.32 Å². The normalized spacial score (nSPS) is 19.6. The number of aryl methyl sites for hydroxylation is 1. The van der Waals surface area contributed by atoms with Crippen molar-refractivity contribution < 1.29 is 13.9 Å². The summed E-state index contributed by atoms with van der Waals surface area (Å²) in [6.07, 6.45) is 2.13. The number of hydrogen-bond donors (Lipinski definition) is 1. The van der Waals surface area contributed by atoms with Gasteiger partial charge in [-0.1, -0.05) is 6.07 Å². The molecule has 1 amide bonds. The highest BCUT2D eigenvalue weighted by atomic mass is 32.1. The fourth-order valence-corrected chi connectivity index (χ4v) is 3.13. The molecule has 5 nitrogen and oxygen atoms in total. The molecule has 3 heterocycles. The summed E-state index contributed by atoms with van der Waals surface area (Å²) in [5, 5.41) is 4.91. The molecule has 6 heteroatoms. The van der Waals surface area contributed by atoms with Crippen LogP contribution in [0.3, 0.4) is 0 Å². The van der Waals surface area contributed by atoms with Crippen LogP contribution in [0, 0.1) is 6.92 Å². The summed E-state index contributed by atoms with van der Waals surface area (Å²) in [6, 6.07) is 3.83. The van der Waals surface area contributed by atoms with Crippen molar-refractivity contribution in [2.75, 3.05) is 6.61 Å². The van der Waals surface area contributed by atoms with E-state index < -0.39 is 0 Å². The molecule has 1 saturated heterocycles. The van der Waals surface area contributed by atoms with Crippen molar-refractivity contribution in [2.24, 2.45) is 0 Å². The van der Waals surface area contributed by atoms with Crippen molar-refractivity contribution in [2.45, 2.75) is 38.8 Å². The molecule has 2 atom stereocenters. The van der Waals surface area contributed by atoms with Crippen molar-refractivity contribution in [3.8, 4) is 10.8 Å². The highest BCUT2D eigenvalue weighted by Crippen LogP contribution is 2.26. The molecule has 2 aromatic rings. The molecule has 0 aliphatic carbocycles. The van der Waals surface area contributed by atoms with Crippen molar-refractivity contribution in [1.82, 2.24) is 10.3 Å². The largest absolute Gasteiger partial charge is 0.440 e. The van der Waals surface area contributed by atoms with E-state index in [9.17, 15) is 4.79 Å². The van der Waals surface area contributed by atoms with E-state index in [1.54, 1.807) is 6.92 Å². The number of aromatic nitrogens is 1. The van der Waals surface area contributed by atoms with Gasteiger partial charge in [0.1, 0.15) is 5.76 Å². The molecule has 0 saturated carbocycles. The number of rotatable bonds is 4. The molecule has 0 aromatic carbocycles. The van der Waals surface area contributed by atoms with Gasteiger partial charge in [0.2, 0.25) is 5.89 Å². The van der Waals surface area contributed by atoms with Crippen LogP contribution in [0.2, 0.25) is 0 Å². The van der Waals surface area contributed by atoms with Crippen LogP contribution in [-0.4, -0.2) is 29.6 Å². The van der Waals surface area contributed by atoms with Gasteiger partial charge in [-0.05, 0) is 38.1 Å². The molecule has 0 spiro atoms. The molecule has 21 heavy (non-hydrogen) atoms. The van der Waals surface area contributed by atoms with Crippen molar-refractivity contribution in [1.29, 1.82) is 0 Å². The Bertz CT molecular complexity index is 615. The maximum Gasteiger partial charge on any atom is 0.273 e. The summed E-state index contributed by atoms with van der Waals surface area (Å²) in [6.45, 7) is 4.50. The SMILES string of the molecule is Cc1oc(-c2cccs2)nc1C(=O)N[C@H](C)[C@@H]1CCCO1. The predicted molar refractivity (Wildman–Crippen MR) is 80.5 cm³/mol. The topological polar surface area (TPSA) is 64.4 Å². The zero-order valence-corrected chi connectivity index (χ0v) is 12.9. The lowest BCUT2D eigenvalue weighted by molar-refractivity contribution is 0.0709. The van der Waals surface area contributed by atoms with E-state index >= 15 is 0 Å². The smallest absolute Gasteiger partial charge is 0.273 e. The van der Waals surface area contributed by atoms with Gasteiger partial charge in [0.25, 0.3) is 5.91 Å². The number of oxazole rings is 1. The first kappa shape index (κ1) is 14.3. The van der Waals surface area contributed by atoms with Gasteiger partial charge in [0.15, 0.2) is 5.69 Å². The lowest BCUT2D eigenvalue weighted by atomic mass is 10.1. The van der Waals surface area contributed by atoms with Gasteiger partial charge < -0.3 is 14.5 Å². The molecule has 112 valence electrons. The number of nitrogens with one attached hydrogen (secondary N) is 1. The molecule has 1 fully saturated rings. The Kier molecular flexibility index (Phi) is 4.07. The molecule has 1 aliphatic rings. The van der Waals surface area contributed by atoms with Crippen molar-refractivity contribution >= 4 is 17.2 Å². The minimum absolute atomic E-state index is 0.0266. The van der Waals surface area contributed by atoms with Gasteiger partial charge in [0, 0.05) is 6.61 Å². The monoisotopic (exact) mass is 306 g/mol. The Balaban J connectivity index is 1.72. The van der Waals surface area contributed by atoms with Crippen LogP contribution >= 0.6 is 11.3 Å². The van der Waals surface area contributed by atoms with Crippen molar-refractivity contribution in [3.05, 3.63) is 29.0 Å². The predicted octanol–water partition coefficient (Wildman–Crippen LogP) is 3.01. The second-order valence-electron chi connectivity index (χ2n) is 5.21. The summed E-state index contributed by atoms with van der Waals surface area (Å²) in [4.78, 5) is 17.6. The number of amides is 1. The summed E-state index contributed by atoms with van der Waals surface area (Å²) >= 11 is 1.54. The Hall–Kier alpha value is -1.66. The van der Waals surface area contributed by atoms with Gasteiger partial charge in [-0.2, -0.15) is 0 Å². The average Bonchev–Trinajstić information content (AvgIpc) is 3.20. The summed E-state index contributed by atoms with van der Waals surface area (Å²) < 4.78 is 11.2. The number of nitrogens with zero attached hydrogens (tertiary/aromatic N) is 1. The molecule has 0 radical (unpaired) electrons. The zero-order chi connectivity index (χ0) is 14.8. The number of ether oxygens (including phenoxy) is 1. The third-order valence-corrected chi connectivity index (χ3v) is 4.48. The van der Waals surface area contributed by atoms with Crippen molar-refractivity contribution in [3.63, 3.8) is 0 Å². The minimum Gasteiger partial charge on any atom is -0.440 e. The van der Waals surface area contributed by atoms with Crippen LogP contribution in [0.25, 0.3) is 10.8 Å². The summed E-state index contributed by atoms with van der Waals surface area (Å²) in [5.74, 6) is 0.829. The number of carbonyl (C=O) groups is 1. The van der Waals surface area contributed by atoms with E-state index in [2.05, 4.69) is 10.3 Å². The second-order valence-corrected chi connectivity index (χ2v) is 6.16. The van der Waals surface area contributed by atoms with E-state index in [1.165, 1.54) is 11.3 Å². The van der Waals surface area contributed by atoms with E-state index in [-0.39, 0.29) is 18.1 Å². The maximum absolute atomic E-state index is 12.3. The first-order valence-electron chi connectivity index (χ1n) is 7.09. The molecular formula is C15H18N2O3S. The first-order chi connectivity index (χ1) is 10.1. The van der Waals surface area contributed by atoms with Crippen LogP contribution in [0.1, 0.15) is 36.0 Å². The second kappa shape index (κ2) is 5.99. The van der Waals surface area contributed by atoms with Crippen LogP contribution in [0.15, 0.2) is 21.9 Å². The highest BCUT2D eigenvalue weighted by molar-refractivity contribution is 7.13. The van der Waals surface area contributed by atoms with Gasteiger partial charge >= 0.3 is 0 Å². The summed E-state index contributed by atoms with van der Waals surface area (Å²) in [7, 11) is 0. The van der Waals surface area contributed by atoms with Gasteiger partial charge in [-0.3, -0.25) is 4.79 Å². The van der Waals surface area contributed by atoms with Crippen LogP contribution in [0.4, 0.5) is 0 Å². The fourth-order valence-electron chi connectivity index (χ4n) is 2.48. The minimum atomic E-state index is -0.206. The highest BCUT2D eigenvalue weighted by Gasteiger charge is 2.26. The van der Waals surface area contributed by atoms with E-state index in [1.807, 2.05) is 24.4 Å². The maximum atomic E-state index is 12.3. The van der Waals surface area contributed by atoms with Gasteiger partial charge in [0.05, 0.1) is 17.0 Å². The third-order valence-electron chi connectivity index (χ3n) is 3.62. The molecule has 0 bridgehead atoms. The van der Waals surface area contributed by atoms with Gasteiger partial charge in [-0.15, -0.1) is 11.3 Å². The molecule has 2 aromatic heterocycles. The standard InChI is InChI=1S/C15H18N2O3S/c1-9(11-5-3-7-19-11)16-14(18)13-10(2)20-15(17-13)12-6-4-8-21-12/h4,6,8-9,11H,3,5,7H2,1-2H3,(H,16,18)/t9-,11+/m1/s1. The van der Waals surface area contributed by atoms with Gasteiger partial charge in [-0.25, -0.2) is 4.98 Å². The lowest BCUT2D eigenvalue weighted by Crippen LogP contribution is -2.41. The quantitative estimate of drug-likeness (QED) is 0.943. The Morgan fingerprint density at radius 2 is 2.43 bits per heavy atom. The van der Waals surface area contributed by atoms with E-state index in [0.29, 0.717) is 17.3 Å². The summed E-state index contributed by atoms with van der Waals surface area (Å²) in [5.41, 5.74) is 0.350. The Labute approximate surface area is 127 Å². The molecule has 3 rings (SSSR count). The number of carbonyl (C=O) groups excluding carboxylic acids is 1. The zero-order valence-electron chi connectivity index (χ0n) is 12.1. The fraction of sp³-hybridized carbons (Fsp3) is 0.467. The Morgan fingerprint density at radius 1 is 1.57 bits per heavy atom. The molecule has 1 aliphatic heterocycles. The Morgan fingerprint density at radius 3 is 3.10 bits per heavy atom.